The molecule has 2 aliphatic rings. The van der Waals surface area contributed by atoms with E-state index < -0.39 is 27.8 Å². The quantitative estimate of drug-likeness (QED) is 0.311. The van der Waals surface area contributed by atoms with Gasteiger partial charge in [0.15, 0.2) is 0 Å². The number of halogens is 1. The van der Waals surface area contributed by atoms with E-state index in [0.29, 0.717) is 43.8 Å². The number of furan rings is 1. The fraction of sp³-hybridized carbons (Fsp3) is 0.333. The van der Waals surface area contributed by atoms with E-state index in [4.69, 9.17) is 13.9 Å². The minimum Gasteiger partial charge on any atom is -0.489 e. The standard InChI is InChI=1S/C30H31FN4O6S/c31-24-7-8-27-23(16-24)17-29(41-27)42(37,38)35-10-2-5-26(35)30(36)33-18-21-3-1-4-25(15-21)40-20-22-6-9-28(32-19-22)34-11-13-39-14-12-34/h1,3-4,6-9,15-17,19,26H,2,5,10-14,18,20H2,(H,33,36)/t26-/m0/s1. The molecule has 2 fully saturated rings. The minimum atomic E-state index is -4.09. The number of ether oxygens (including phenoxy) is 2. The van der Waals surface area contributed by atoms with Crippen LogP contribution in [0.1, 0.15) is 24.0 Å². The first-order valence-corrected chi connectivity index (χ1v) is 15.3. The maximum Gasteiger partial charge on any atom is 0.277 e. The lowest BCUT2D eigenvalue weighted by Crippen LogP contribution is -2.45. The number of rotatable bonds is 9. The predicted octanol–water partition coefficient (Wildman–Crippen LogP) is 3.85. The first-order chi connectivity index (χ1) is 20.4. The number of anilines is 1. The number of benzene rings is 2. The number of aromatic nitrogens is 1. The van der Waals surface area contributed by atoms with E-state index in [-0.39, 0.29) is 23.8 Å². The number of carbonyl (C=O) groups is 1. The van der Waals surface area contributed by atoms with Crippen molar-refractivity contribution in [3.8, 4) is 5.75 Å². The number of morpholine rings is 1. The van der Waals surface area contributed by atoms with Crippen LogP contribution in [0.25, 0.3) is 11.0 Å². The molecular weight excluding hydrogens is 563 g/mol. The zero-order valence-corrected chi connectivity index (χ0v) is 23.7. The van der Waals surface area contributed by atoms with Crippen molar-refractivity contribution in [2.24, 2.45) is 0 Å². The molecule has 1 amide bonds. The lowest BCUT2D eigenvalue weighted by atomic mass is 10.2. The Hall–Kier alpha value is -4.00. The van der Waals surface area contributed by atoms with E-state index in [1.807, 2.05) is 36.4 Å². The Bertz CT molecular complexity index is 1670. The summed E-state index contributed by atoms with van der Waals surface area (Å²) in [5.41, 5.74) is 2.01. The first-order valence-electron chi connectivity index (χ1n) is 13.8. The van der Waals surface area contributed by atoms with E-state index in [1.165, 1.54) is 24.3 Å². The van der Waals surface area contributed by atoms with Crippen LogP contribution in [0.5, 0.6) is 5.75 Å². The van der Waals surface area contributed by atoms with Crippen molar-refractivity contribution in [2.45, 2.75) is 37.1 Å². The Morgan fingerprint density at radius 1 is 1.05 bits per heavy atom. The molecule has 42 heavy (non-hydrogen) atoms. The van der Waals surface area contributed by atoms with Gasteiger partial charge in [-0.05, 0) is 54.8 Å². The second-order valence-electron chi connectivity index (χ2n) is 10.3. The molecule has 220 valence electrons. The molecule has 0 aliphatic carbocycles. The molecule has 0 spiro atoms. The van der Waals surface area contributed by atoms with E-state index in [1.54, 1.807) is 6.20 Å². The highest BCUT2D eigenvalue weighted by atomic mass is 32.2. The molecule has 2 aromatic carbocycles. The van der Waals surface area contributed by atoms with Gasteiger partial charge in [-0.1, -0.05) is 18.2 Å². The van der Waals surface area contributed by atoms with E-state index >= 15 is 0 Å². The van der Waals surface area contributed by atoms with Gasteiger partial charge in [-0.2, -0.15) is 4.31 Å². The van der Waals surface area contributed by atoms with Crippen LogP contribution >= 0.6 is 0 Å². The van der Waals surface area contributed by atoms with Crippen LogP contribution in [0.4, 0.5) is 10.2 Å². The Morgan fingerprint density at radius 2 is 1.90 bits per heavy atom. The highest BCUT2D eigenvalue weighted by molar-refractivity contribution is 7.89. The number of pyridine rings is 1. The molecule has 1 N–H and O–H groups in total. The van der Waals surface area contributed by atoms with Crippen molar-refractivity contribution >= 4 is 32.7 Å². The van der Waals surface area contributed by atoms with Gasteiger partial charge in [0.05, 0.1) is 13.2 Å². The number of hydrogen-bond acceptors (Lipinski definition) is 8. The molecule has 0 unspecified atom stereocenters. The molecule has 4 heterocycles. The van der Waals surface area contributed by atoms with Gasteiger partial charge in [0.25, 0.3) is 10.0 Å². The molecule has 1 atom stereocenters. The number of nitrogens with one attached hydrogen (secondary N) is 1. The van der Waals surface area contributed by atoms with Gasteiger partial charge in [0.1, 0.15) is 35.6 Å². The van der Waals surface area contributed by atoms with Crippen LogP contribution in [0, 0.1) is 5.82 Å². The Kier molecular flexibility index (Phi) is 8.09. The molecule has 2 aromatic heterocycles. The largest absolute Gasteiger partial charge is 0.489 e. The molecule has 4 aromatic rings. The van der Waals surface area contributed by atoms with Crippen molar-refractivity contribution in [1.82, 2.24) is 14.6 Å². The Labute approximate surface area is 243 Å². The summed E-state index contributed by atoms with van der Waals surface area (Å²) in [6.07, 6.45) is 2.74. The summed E-state index contributed by atoms with van der Waals surface area (Å²) in [5, 5.41) is 2.90. The SMILES string of the molecule is O=C(NCc1cccc(OCc2ccc(N3CCOCC3)nc2)c1)[C@@H]1CCCN1S(=O)(=O)c1cc2cc(F)ccc2o1. The zero-order chi connectivity index (χ0) is 29.1. The zero-order valence-electron chi connectivity index (χ0n) is 22.9. The average Bonchev–Trinajstić information content (AvgIpc) is 3.68. The van der Waals surface area contributed by atoms with Crippen LogP contribution < -0.4 is 15.0 Å². The third kappa shape index (κ3) is 6.10. The average molecular weight is 595 g/mol. The third-order valence-corrected chi connectivity index (χ3v) is 9.20. The van der Waals surface area contributed by atoms with Gasteiger partial charge >= 0.3 is 0 Å². The lowest BCUT2D eigenvalue weighted by molar-refractivity contribution is -0.124. The van der Waals surface area contributed by atoms with Crippen LogP contribution in [-0.2, 0) is 32.7 Å². The number of fused-ring (bicyclic) bond motifs is 1. The topological polar surface area (TPSA) is 114 Å². The van der Waals surface area contributed by atoms with E-state index in [2.05, 4.69) is 15.2 Å². The number of amides is 1. The van der Waals surface area contributed by atoms with Crippen molar-refractivity contribution in [3.63, 3.8) is 0 Å². The fourth-order valence-corrected chi connectivity index (χ4v) is 6.83. The summed E-state index contributed by atoms with van der Waals surface area (Å²) in [6, 6.07) is 15.6. The molecule has 2 saturated heterocycles. The van der Waals surface area contributed by atoms with Crippen LogP contribution in [-0.4, -0.2) is 62.5 Å². The first kappa shape index (κ1) is 28.1. The molecular formula is C30H31FN4O6S. The van der Waals surface area contributed by atoms with Crippen molar-refractivity contribution < 1.29 is 31.5 Å². The molecule has 0 saturated carbocycles. The van der Waals surface area contributed by atoms with Crippen LogP contribution in [0.2, 0.25) is 0 Å². The van der Waals surface area contributed by atoms with Gasteiger partial charge in [0.2, 0.25) is 11.0 Å². The highest BCUT2D eigenvalue weighted by Crippen LogP contribution is 2.30. The molecule has 12 heteroatoms. The van der Waals surface area contributed by atoms with Crippen LogP contribution in [0.15, 0.2) is 76.4 Å². The van der Waals surface area contributed by atoms with Gasteiger partial charge in [-0.25, -0.2) is 17.8 Å². The van der Waals surface area contributed by atoms with Crippen molar-refractivity contribution in [3.05, 3.63) is 83.8 Å². The monoisotopic (exact) mass is 594 g/mol. The molecule has 6 rings (SSSR count). The Balaban J connectivity index is 1.05. The minimum absolute atomic E-state index is 0.192. The van der Waals surface area contributed by atoms with Crippen molar-refractivity contribution in [1.29, 1.82) is 0 Å². The maximum absolute atomic E-state index is 13.6. The summed E-state index contributed by atoms with van der Waals surface area (Å²) in [7, 11) is -4.09. The van der Waals surface area contributed by atoms with Crippen molar-refractivity contribution in [2.75, 3.05) is 37.7 Å². The molecule has 0 bridgehead atoms. The van der Waals surface area contributed by atoms with E-state index in [9.17, 15) is 17.6 Å². The molecule has 0 radical (unpaired) electrons. The third-order valence-electron chi connectivity index (χ3n) is 7.44. The molecule has 10 nitrogen and oxygen atoms in total. The summed E-state index contributed by atoms with van der Waals surface area (Å²) in [4.78, 5) is 19.9. The lowest BCUT2D eigenvalue weighted by Gasteiger charge is -2.27. The summed E-state index contributed by atoms with van der Waals surface area (Å²) in [6.45, 7) is 3.79. The maximum atomic E-state index is 13.6. The van der Waals surface area contributed by atoms with Gasteiger partial charge < -0.3 is 24.1 Å². The van der Waals surface area contributed by atoms with Gasteiger partial charge in [-0.15, -0.1) is 0 Å². The number of sulfonamides is 1. The van der Waals surface area contributed by atoms with Gasteiger partial charge in [-0.3, -0.25) is 4.79 Å². The number of nitrogens with zero attached hydrogens (tertiary/aromatic N) is 3. The second kappa shape index (κ2) is 12.1. The molecule has 2 aliphatic heterocycles. The van der Waals surface area contributed by atoms with Crippen LogP contribution in [0.3, 0.4) is 0 Å². The summed E-state index contributed by atoms with van der Waals surface area (Å²) < 4.78 is 58.3. The Morgan fingerprint density at radius 3 is 2.71 bits per heavy atom. The fourth-order valence-electron chi connectivity index (χ4n) is 5.22. The van der Waals surface area contributed by atoms with E-state index in [0.717, 1.165) is 34.3 Å². The normalized spacial score (nSPS) is 17.9. The number of carbonyl (C=O) groups excluding carboxylic acids is 1. The van der Waals surface area contributed by atoms with Gasteiger partial charge in [0, 0.05) is 49.4 Å². The number of hydrogen-bond donors (Lipinski definition) is 1. The highest BCUT2D eigenvalue weighted by Gasteiger charge is 2.41. The summed E-state index contributed by atoms with van der Waals surface area (Å²) >= 11 is 0. The second-order valence-corrected chi connectivity index (χ2v) is 12.1. The summed E-state index contributed by atoms with van der Waals surface area (Å²) in [5.74, 6) is 0.679. The predicted molar refractivity (Wildman–Crippen MR) is 153 cm³/mol. The smallest absolute Gasteiger partial charge is 0.277 e.